The number of nitrogens with one attached hydrogen (secondary N) is 2. The molecule has 1 aliphatic carbocycles. The van der Waals surface area contributed by atoms with Crippen molar-refractivity contribution in [2.75, 3.05) is 11.9 Å². The number of H-pyrrole nitrogens is 1. The number of carbonyl (C=O) groups excluding carboxylic acids is 1. The standard InChI is InChI=1S/C22H28N4O2/c1-15-7-9-16(10-8-15)13-23-22-24-19(12-20(27)25-22)17-11-21(28)26(14-17)18-5-3-2-4-6-18/h7-10,12,17-18H,2-6,11,13-14H2,1H3,(H2,23,24,25,27)/t17-/m1/s1. The van der Waals surface area contributed by atoms with Crippen LogP contribution in [-0.2, 0) is 11.3 Å². The highest BCUT2D eigenvalue weighted by Crippen LogP contribution is 2.32. The van der Waals surface area contributed by atoms with Crippen LogP contribution in [0.4, 0.5) is 5.95 Å². The van der Waals surface area contributed by atoms with Crippen LogP contribution < -0.4 is 10.9 Å². The number of hydrogen-bond donors (Lipinski definition) is 2. The summed E-state index contributed by atoms with van der Waals surface area (Å²) in [4.78, 5) is 34.1. The van der Waals surface area contributed by atoms with Crippen LogP contribution >= 0.6 is 0 Å². The molecule has 0 radical (unpaired) electrons. The van der Waals surface area contributed by atoms with Gasteiger partial charge < -0.3 is 10.2 Å². The first kappa shape index (κ1) is 18.7. The molecule has 4 rings (SSSR count). The van der Waals surface area contributed by atoms with Crippen molar-refractivity contribution in [2.45, 2.75) is 64.0 Å². The Morgan fingerprint density at radius 2 is 1.89 bits per heavy atom. The lowest BCUT2D eigenvalue weighted by Crippen LogP contribution is -2.37. The van der Waals surface area contributed by atoms with Gasteiger partial charge in [0.05, 0.1) is 5.69 Å². The summed E-state index contributed by atoms with van der Waals surface area (Å²) in [6, 6.07) is 10.2. The number of aromatic nitrogens is 2. The zero-order valence-electron chi connectivity index (χ0n) is 16.4. The second kappa shape index (κ2) is 8.17. The number of amides is 1. The molecule has 2 fully saturated rings. The van der Waals surface area contributed by atoms with Gasteiger partial charge >= 0.3 is 0 Å². The van der Waals surface area contributed by atoms with Gasteiger partial charge in [-0.3, -0.25) is 14.6 Å². The number of aromatic amines is 1. The van der Waals surface area contributed by atoms with Gasteiger partial charge in [-0.1, -0.05) is 49.1 Å². The van der Waals surface area contributed by atoms with E-state index in [1.165, 1.54) is 24.8 Å². The molecule has 6 nitrogen and oxygen atoms in total. The van der Waals surface area contributed by atoms with Crippen molar-refractivity contribution in [1.29, 1.82) is 0 Å². The third-order valence-electron chi connectivity index (χ3n) is 5.93. The third-order valence-corrected chi connectivity index (χ3v) is 5.93. The minimum Gasteiger partial charge on any atom is -0.352 e. The highest BCUT2D eigenvalue weighted by atomic mass is 16.2. The monoisotopic (exact) mass is 380 g/mol. The highest BCUT2D eigenvalue weighted by Gasteiger charge is 2.36. The van der Waals surface area contributed by atoms with Gasteiger partial charge in [0.1, 0.15) is 0 Å². The van der Waals surface area contributed by atoms with Crippen LogP contribution in [0.3, 0.4) is 0 Å². The minimum absolute atomic E-state index is 0.00310. The van der Waals surface area contributed by atoms with E-state index in [9.17, 15) is 9.59 Å². The molecule has 1 aliphatic heterocycles. The van der Waals surface area contributed by atoms with Crippen molar-refractivity contribution in [3.05, 3.63) is 57.5 Å². The lowest BCUT2D eigenvalue weighted by molar-refractivity contribution is -0.130. The first-order chi connectivity index (χ1) is 13.6. The van der Waals surface area contributed by atoms with Gasteiger partial charge in [0.2, 0.25) is 11.9 Å². The molecule has 6 heteroatoms. The van der Waals surface area contributed by atoms with Crippen LogP contribution in [0.2, 0.25) is 0 Å². The van der Waals surface area contributed by atoms with Gasteiger partial charge in [-0.15, -0.1) is 0 Å². The first-order valence-electron chi connectivity index (χ1n) is 10.3. The zero-order valence-corrected chi connectivity index (χ0v) is 16.4. The zero-order chi connectivity index (χ0) is 19.5. The van der Waals surface area contributed by atoms with Gasteiger partial charge in [-0.2, -0.15) is 0 Å². The van der Waals surface area contributed by atoms with Crippen molar-refractivity contribution in [3.8, 4) is 0 Å². The molecule has 1 aromatic carbocycles. The molecule has 1 amide bonds. The first-order valence-corrected chi connectivity index (χ1v) is 10.3. The second-order valence-corrected chi connectivity index (χ2v) is 8.10. The van der Waals surface area contributed by atoms with E-state index in [2.05, 4.69) is 46.5 Å². The average Bonchev–Trinajstić information content (AvgIpc) is 3.10. The molecular weight excluding hydrogens is 352 g/mol. The maximum absolute atomic E-state index is 12.6. The number of rotatable bonds is 5. The van der Waals surface area contributed by atoms with E-state index in [0.29, 0.717) is 37.2 Å². The van der Waals surface area contributed by atoms with E-state index < -0.39 is 0 Å². The Bertz CT molecular complexity index is 884. The summed E-state index contributed by atoms with van der Waals surface area (Å²) < 4.78 is 0. The minimum atomic E-state index is -0.181. The summed E-state index contributed by atoms with van der Waals surface area (Å²) in [7, 11) is 0. The van der Waals surface area contributed by atoms with E-state index >= 15 is 0 Å². The Hall–Kier alpha value is -2.63. The molecule has 1 saturated carbocycles. The smallest absolute Gasteiger partial charge is 0.252 e. The fourth-order valence-electron chi connectivity index (χ4n) is 4.34. The maximum Gasteiger partial charge on any atom is 0.252 e. The molecule has 1 atom stereocenters. The van der Waals surface area contributed by atoms with Gasteiger partial charge in [0, 0.05) is 37.5 Å². The van der Waals surface area contributed by atoms with Gasteiger partial charge in [-0.05, 0) is 25.3 Å². The van der Waals surface area contributed by atoms with Crippen molar-refractivity contribution < 1.29 is 4.79 Å². The molecule has 0 bridgehead atoms. The number of benzene rings is 1. The molecule has 2 N–H and O–H groups in total. The van der Waals surface area contributed by atoms with E-state index in [-0.39, 0.29) is 17.4 Å². The third kappa shape index (κ3) is 4.26. The molecule has 2 aromatic rings. The molecule has 1 saturated heterocycles. The molecule has 1 aromatic heterocycles. The van der Waals surface area contributed by atoms with E-state index in [1.807, 2.05) is 4.90 Å². The Kier molecular flexibility index (Phi) is 5.46. The van der Waals surface area contributed by atoms with Gasteiger partial charge in [0.15, 0.2) is 0 Å². The van der Waals surface area contributed by atoms with Crippen LogP contribution in [0.15, 0.2) is 35.1 Å². The fraction of sp³-hybridized carbons (Fsp3) is 0.500. The summed E-state index contributed by atoms with van der Waals surface area (Å²) in [5.41, 5.74) is 2.87. The Labute approximate surface area is 165 Å². The molecule has 148 valence electrons. The van der Waals surface area contributed by atoms with E-state index in [4.69, 9.17) is 0 Å². The van der Waals surface area contributed by atoms with Gasteiger partial charge in [0.25, 0.3) is 5.56 Å². The van der Waals surface area contributed by atoms with E-state index in [0.717, 1.165) is 18.4 Å². The van der Waals surface area contributed by atoms with Gasteiger partial charge in [-0.25, -0.2) is 4.98 Å². The lowest BCUT2D eigenvalue weighted by atomic mass is 9.94. The molecule has 28 heavy (non-hydrogen) atoms. The Morgan fingerprint density at radius 1 is 1.14 bits per heavy atom. The quantitative estimate of drug-likeness (QED) is 0.834. The SMILES string of the molecule is Cc1ccc(CNc2nc([C@@H]3CC(=O)N(C4CCCCC4)C3)cc(=O)[nH]2)cc1. The number of hydrogen-bond acceptors (Lipinski definition) is 4. The van der Waals surface area contributed by atoms with Crippen molar-refractivity contribution in [3.63, 3.8) is 0 Å². The molecule has 2 aliphatic rings. The van der Waals surface area contributed by atoms with E-state index in [1.54, 1.807) is 6.07 Å². The molecule has 0 unspecified atom stereocenters. The van der Waals surface area contributed by atoms with Crippen LogP contribution in [0.25, 0.3) is 0 Å². The fourth-order valence-corrected chi connectivity index (χ4v) is 4.34. The predicted molar refractivity (Wildman–Crippen MR) is 109 cm³/mol. The number of carbonyl (C=O) groups is 1. The lowest BCUT2D eigenvalue weighted by Gasteiger charge is -2.31. The molecular formula is C22H28N4O2. The topological polar surface area (TPSA) is 78.1 Å². The summed E-state index contributed by atoms with van der Waals surface area (Å²) in [5, 5.41) is 3.21. The largest absolute Gasteiger partial charge is 0.352 e. The van der Waals surface area contributed by atoms with Crippen molar-refractivity contribution in [1.82, 2.24) is 14.9 Å². The Morgan fingerprint density at radius 3 is 2.64 bits per heavy atom. The van der Waals surface area contributed by atoms with Crippen LogP contribution in [-0.4, -0.2) is 33.4 Å². The summed E-state index contributed by atoms with van der Waals surface area (Å²) in [5.74, 6) is 0.663. The number of aryl methyl sites for hydroxylation is 1. The molecule has 2 heterocycles. The van der Waals surface area contributed by atoms with Crippen molar-refractivity contribution in [2.24, 2.45) is 0 Å². The highest BCUT2D eigenvalue weighted by molar-refractivity contribution is 5.80. The van der Waals surface area contributed by atoms with Crippen LogP contribution in [0.1, 0.15) is 61.3 Å². The Balaban J connectivity index is 1.45. The maximum atomic E-state index is 12.6. The average molecular weight is 380 g/mol. The summed E-state index contributed by atoms with van der Waals surface area (Å²) in [6.45, 7) is 3.32. The van der Waals surface area contributed by atoms with Crippen molar-refractivity contribution >= 4 is 11.9 Å². The second-order valence-electron chi connectivity index (χ2n) is 8.10. The normalized spacial score (nSPS) is 20.5. The number of nitrogens with zero attached hydrogens (tertiary/aromatic N) is 2. The van der Waals surface area contributed by atoms with Crippen LogP contribution in [0.5, 0.6) is 0 Å². The molecule has 0 spiro atoms. The number of likely N-dealkylation sites (tertiary alicyclic amines) is 1. The predicted octanol–water partition coefficient (Wildman–Crippen LogP) is 3.34. The number of anilines is 1. The summed E-state index contributed by atoms with van der Waals surface area (Å²) >= 11 is 0. The summed E-state index contributed by atoms with van der Waals surface area (Å²) in [6.07, 6.45) is 6.33. The van der Waals surface area contributed by atoms with Crippen LogP contribution in [0, 0.1) is 6.92 Å².